The molecular weight excluding hydrogens is 452 g/mol. The first-order valence-corrected chi connectivity index (χ1v) is 8.60. The van der Waals surface area contributed by atoms with Gasteiger partial charge in [-0.25, -0.2) is 13.8 Å². The largest absolute Gasteiger partial charge is 0.494 e. The zero-order valence-electron chi connectivity index (χ0n) is 15.3. The second kappa shape index (κ2) is 6.90. The molecule has 0 fully saturated rings. The Morgan fingerprint density at radius 3 is 1.78 bits per heavy atom. The van der Waals surface area contributed by atoms with E-state index < -0.39 is 80.6 Å². The molecule has 0 spiro atoms. The molecule has 0 saturated heterocycles. The summed E-state index contributed by atoms with van der Waals surface area (Å²) >= 11 is 0. The Morgan fingerprint density at radius 1 is 0.750 bits per heavy atom. The predicted octanol–water partition coefficient (Wildman–Crippen LogP) is 5.69. The third kappa shape index (κ3) is 3.61. The summed E-state index contributed by atoms with van der Waals surface area (Å²) in [6, 6.07) is 2.77. The molecule has 12 heteroatoms. The van der Waals surface area contributed by atoms with E-state index in [2.05, 4.69) is 9.98 Å². The minimum atomic E-state index is -4.93. The zero-order chi connectivity index (χ0) is 23.6. The molecule has 1 amide bonds. The lowest BCUT2D eigenvalue weighted by Gasteiger charge is -2.09. The van der Waals surface area contributed by atoms with Gasteiger partial charge >= 0.3 is 12.4 Å². The number of nitrogens with one attached hydrogen (secondary N) is 1. The average molecular weight is 460 g/mol. The van der Waals surface area contributed by atoms with Gasteiger partial charge in [0.05, 0.1) is 33.7 Å². The van der Waals surface area contributed by atoms with Crippen molar-refractivity contribution in [3.8, 4) is 17.1 Å². The van der Waals surface area contributed by atoms with Gasteiger partial charge in [0, 0.05) is 11.1 Å². The number of hydrogen-bond donors (Lipinski definition) is 2. The molecule has 1 aromatic heterocycles. The molecule has 4 rings (SSSR count). The summed E-state index contributed by atoms with van der Waals surface area (Å²) in [4.78, 5) is 18.2. The SMILES string of the molecule is O=C1N=C(c2cc(F)cc(C(F)(F)F)c2)c2c(O)[nH]c(-c3cc(F)cc(C(F)(F)F)c3)c21. The number of aromatic nitrogens is 1. The van der Waals surface area contributed by atoms with Crippen LogP contribution >= 0.6 is 0 Å². The maximum absolute atomic E-state index is 13.8. The predicted molar refractivity (Wildman–Crippen MR) is 94.2 cm³/mol. The van der Waals surface area contributed by atoms with Gasteiger partial charge in [-0.15, -0.1) is 0 Å². The molecule has 32 heavy (non-hydrogen) atoms. The summed E-state index contributed by atoms with van der Waals surface area (Å²) in [7, 11) is 0. The fraction of sp³-hybridized carbons (Fsp3) is 0.100. The second-order valence-corrected chi connectivity index (χ2v) is 6.82. The van der Waals surface area contributed by atoms with Crippen molar-refractivity contribution in [1.29, 1.82) is 0 Å². The molecule has 2 heterocycles. The van der Waals surface area contributed by atoms with E-state index in [1.807, 2.05) is 0 Å². The maximum Gasteiger partial charge on any atom is 0.416 e. The minimum Gasteiger partial charge on any atom is -0.494 e. The van der Waals surface area contributed by atoms with E-state index in [0.717, 1.165) is 0 Å². The minimum absolute atomic E-state index is 0.218. The first-order chi connectivity index (χ1) is 14.8. The van der Waals surface area contributed by atoms with Crippen molar-refractivity contribution in [3.63, 3.8) is 0 Å². The van der Waals surface area contributed by atoms with Gasteiger partial charge in [0.2, 0.25) is 0 Å². The number of amides is 1. The van der Waals surface area contributed by atoms with Crippen LogP contribution in [0.2, 0.25) is 0 Å². The molecule has 4 nitrogen and oxygen atoms in total. The van der Waals surface area contributed by atoms with Crippen molar-refractivity contribution in [2.75, 3.05) is 0 Å². The fourth-order valence-corrected chi connectivity index (χ4v) is 3.36. The first kappa shape index (κ1) is 21.5. The number of nitrogens with zero attached hydrogens (tertiary/aromatic N) is 1. The summed E-state index contributed by atoms with van der Waals surface area (Å²) in [5.74, 6) is -4.54. The molecule has 2 aromatic carbocycles. The number of hydrogen-bond acceptors (Lipinski definition) is 2. The summed E-state index contributed by atoms with van der Waals surface area (Å²) in [5.41, 5.74) is -5.61. The third-order valence-electron chi connectivity index (χ3n) is 4.66. The molecular formula is C20H8F8N2O2. The Labute approximate surface area is 172 Å². The Hall–Kier alpha value is -3.70. The first-order valence-electron chi connectivity index (χ1n) is 8.60. The van der Waals surface area contributed by atoms with Gasteiger partial charge in [0.15, 0.2) is 5.88 Å². The Bertz CT molecular complexity index is 1300. The molecule has 1 aliphatic heterocycles. The number of aromatic amines is 1. The number of fused-ring (bicyclic) bond motifs is 1. The van der Waals surface area contributed by atoms with Crippen molar-refractivity contribution in [2.45, 2.75) is 12.4 Å². The van der Waals surface area contributed by atoms with Gasteiger partial charge in [0.1, 0.15) is 11.6 Å². The van der Waals surface area contributed by atoms with Crippen molar-refractivity contribution >= 4 is 11.6 Å². The fourth-order valence-electron chi connectivity index (χ4n) is 3.36. The summed E-state index contributed by atoms with van der Waals surface area (Å²) in [6.45, 7) is 0. The van der Waals surface area contributed by atoms with Crippen LogP contribution in [0.25, 0.3) is 11.3 Å². The topological polar surface area (TPSA) is 65.4 Å². The van der Waals surface area contributed by atoms with E-state index in [-0.39, 0.29) is 12.1 Å². The normalized spacial score (nSPS) is 14.0. The van der Waals surface area contributed by atoms with Crippen molar-refractivity contribution < 1.29 is 45.0 Å². The number of carbonyl (C=O) groups is 1. The van der Waals surface area contributed by atoms with E-state index in [0.29, 0.717) is 24.3 Å². The number of benzene rings is 2. The highest BCUT2D eigenvalue weighted by molar-refractivity contribution is 6.30. The lowest BCUT2D eigenvalue weighted by atomic mass is 9.98. The second-order valence-electron chi connectivity index (χ2n) is 6.82. The van der Waals surface area contributed by atoms with Gasteiger partial charge in [-0.2, -0.15) is 26.3 Å². The van der Waals surface area contributed by atoms with Crippen LogP contribution in [-0.4, -0.2) is 21.7 Å². The van der Waals surface area contributed by atoms with Crippen LogP contribution < -0.4 is 0 Å². The Kier molecular flexibility index (Phi) is 4.64. The van der Waals surface area contributed by atoms with Gasteiger partial charge in [-0.3, -0.25) is 4.79 Å². The number of aliphatic imine (C=N–C) groups is 1. The summed E-state index contributed by atoms with van der Waals surface area (Å²) in [5, 5.41) is 10.2. The van der Waals surface area contributed by atoms with E-state index in [1.165, 1.54) is 0 Å². The molecule has 0 aliphatic carbocycles. The number of carbonyl (C=O) groups excluding carboxylic acids is 1. The number of rotatable bonds is 2. The Morgan fingerprint density at radius 2 is 1.25 bits per heavy atom. The molecule has 0 saturated carbocycles. The van der Waals surface area contributed by atoms with E-state index >= 15 is 0 Å². The summed E-state index contributed by atoms with van der Waals surface area (Å²) in [6.07, 6.45) is -9.85. The number of H-pyrrole nitrogens is 1. The van der Waals surface area contributed by atoms with E-state index in [9.17, 15) is 45.0 Å². The van der Waals surface area contributed by atoms with E-state index in [4.69, 9.17) is 0 Å². The van der Waals surface area contributed by atoms with Gasteiger partial charge in [0.25, 0.3) is 5.91 Å². The van der Waals surface area contributed by atoms with E-state index in [1.54, 1.807) is 0 Å². The quantitative estimate of drug-likeness (QED) is 0.483. The molecule has 3 aromatic rings. The number of alkyl halides is 6. The van der Waals surface area contributed by atoms with Crippen molar-refractivity contribution in [3.05, 3.63) is 75.8 Å². The molecule has 0 bridgehead atoms. The van der Waals surface area contributed by atoms with Crippen LogP contribution in [0, 0.1) is 11.6 Å². The highest BCUT2D eigenvalue weighted by Gasteiger charge is 2.37. The highest BCUT2D eigenvalue weighted by atomic mass is 19.4. The Balaban J connectivity index is 1.89. The lowest BCUT2D eigenvalue weighted by molar-refractivity contribution is -0.138. The van der Waals surface area contributed by atoms with Crippen LogP contribution in [0.3, 0.4) is 0 Å². The van der Waals surface area contributed by atoms with Gasteiger partial charge < -0.3 is 10.1 Å². The standard InChI is InChI=1S/C20H8F8N2O2/c21-11-3-7(1-9(5-11)19(23,24)25)15-13-14(18(32)29-15)16(30-17(13)31)8-2-10(20(26,27)28)6-12(22)4-8/h1-6,29,32H. The summed E-state index contributed by atoms with van der Waals surface area (Å²) < 4.78 is 106. The van der Waals surface area contributed by atoms with Crippen LogP contribution in [0.1, 0.15) is 32.6 Å². The molecule has 166 valence electrons. The van der Waals surface area contributed by atoms with Crippen LogP contribution in [0.4, 0.5) is 35.1 Å². The molecule has 2 N–H and O–H groups in total. The van der Waals surface area contributed by atoms with Crippen LogP contribution in [-0.2, 0) is 12.4 Å². The smallest absolute Gasteiger partial charge is 0.416 e. The van der Waals surface area contributed by atoms with Crippen LogP contribution in [0.5, 0.6) is 5.88 Å². The maximum atomic E-state index is 13.8. The molecule has 0 radical (unpaired) electrons. The van der Waals surface area contributed by atoms with Crippen LogP contribution in [0.15, 0.2) is 41.4 Å². The monoisotopic (exact) mass is 460 g/mol. The molecule has 1 aliphatic rings. The third-order valence-corrected chi connectivity index (χ3v) is 4.66. The number of aromatic hydroxyl groups is 1. The zero-order valence-corrected chi connectivity index (χ0v) is 15.3. The molecule has 0 atom stereocenters. The average Bonchev–Trinajstić information content (AvgIpc) is 3.18. The van der Waals surface area contributed by atoms with Crippen molar-refractivity contribution in [2.24, 2.45) is 4.99 Å². The lowest BCUT2D eigenvalue weighted by Crippen LogP contribution is -2.09. The number of halogens is 8. The van der Waals surface area contributed by atoms with Crippen molar-refractivity contribution in [1.82, 2.24) is 4.98 Å². The van der Waals surface area contributed by atoms with Gasteiger partial charge in [-0.1, -0.05) is 0 Å². The molecule has 0 unspecified atom stereocenters. The van der Waals surface area contributed by atoms with Gasteiger partial charge in [-0.05, 0) is 36.4 Å². The highest BCUT2D eigenvalue weighted by Crippen LogP contribution is 2.41.